The Labute approximate surface area is 97.8 Å². The van der Waals surface area contributed by atoms with Gasteiger partial charge in [0.2, 0.25) is 0 Å². The maximum atomic E-state index is 10.6. The van der Waals surface area contributed by atoms with Gasteiger partial charge in [-0.2, -0.15) is 5.10 Å². The topological polar surface area (TPSA) is 87.0 Å². The van der Waals surface area contributed by atoms with Gasteiger partial charge in [0.1, 0.15) is 0 Å². The number of nitro groups is 1. The van der Waals surface area contributed by atoms with E-state index in [1.807, 2.05) is 19.9 Å². The number of benzene rings is 1. The van der Waals surface area contributed by atoms with Gasteiger partial charge in [-0.15, -0.1) is 0 Å². The van der Waals surface area contributed by atoms with Gasteiger partial charge >= 0.3 is 0 Å². The second kappa shape index (κ2) is 3.89. The summed E-state index contributed by atoms with van der Waals surface area (Å²) >= 11 is 0. The molecule has 0 radical (unpaired) electrons. The van der Waals surface area contributed by atoms with Crippen molar-refractivity contribution in [3.63, 3.8) is 0 Å². The van der Waals surface area contributed by atoms with Crippen LogP contribution in [0.4, 0.5) is 11.4 Å². The number of nitrogens with zero attached hydrogens (tertiary/aromatic N) is 3. The molecule has 88 valence electrons. The van der Waals surface area contributed by atoms with Crippen molar-refractivity contribution >= 4 is 11.4 Å². The molecule has 0 saturated carbocycles. The Bertz CT molecular complexity index is 589. The molecule has 0 aliphatic heterocycles. The molecule has 1 aromatic carbocycles. The minimum Gasteiger partial charge on any atom is -0.397 e. The number of nitrogen functional groups attached to an aromatic ring is 1. The molecule has 0 unspecified atom stereocenters. The summed E-state index contributed by atoms with van der Waals surface area (Å²) in [7, 11) is 0. The van der Waals surface area contributed by atoms with Crippen LogP contribution in [-0.2, 0) is 0 Å². The molecule has 0 atom stereocenters. The molecular formula is C11H12N4O2. The van der Waals surface area contributed by atoms with Crippen LogP contribution in [0.25, 0.3) is 5.69 Å². The molecule has 0 aliphatic carbocycles. The third-order valence-corrected chi connectivity index (χ3v) is 2.46. The summed E-state index contributed by atoms with van der Waals surface area (Å²) in [4.78, 5) is 10.1. The van der Waals surface area contributed by atoms with Gasteiger partial charge < -0.3 is 5.73 Å². The second-order valence-electron chi connectivity index (χ2n) is 3.84. The molecule has 0 amide bonds. The van der Waals surface area contributed by atoms with E-state index < -0.39 is 4.92 Å². The molecule has 17 heavy (non-hydrogen) atoms. The van der Waals surface area contributed by atoms with Crippen LogP contribution in [0.15, 0.2) is 24.3 Å². The zero-order chi connectivity index (χ0) is 12.6. The first-order chi connectivity index (χ1) is 7.99. The molecule has 6 heteroatoms. The number of aryl methyl sites for hydroxylation is 2. The van der Waals surface area contributed by atoms with E-state index in [-0.39, 0.29) is 5.69 Å². The van der Waals surface area contributed by atoms with Gasteiger partial charge in [0, 0.05) is 17.8 Å². The molecule has 2 N–H and O–H groups in total. The zero-order valence-corrected chi connectivity index (χ0v) is 9.54. The highest BCUT2D eigenvalue weighted by molar-refractivity contribution is 5.62. The number of aromatic nitrogens is 2. The summed E-state index contributed by atoms with van der Waals surface area (Å²) in [6.07, 6.45) is 0. The van der Waals surface area contributed by atoms with Crippen LogP contribution in [0.2, 0.25) is 0 Å². The summed E-state index contributed by atoms with van der Waals surface area (Å²) in [6, 6.07) is 6.28. The minimum absolute atomic E-state index is 0.0206. The SMILES string of the molecule is Cc1cc(C)n(-c2ccc([N+](=O)[O-])cc2N)n1. The van der Waals surface area contributed by atoms with Crippen LogP contribution in [0, 0.1) is 24.0 Å². The lowest BCUT2D eigenvalue weighted by molar-refractivity contribution is -0.384. The number of hydrogen-bond donors (Lipinski definition) is 1. The third kappa shape index (κ3) is 1.96. The smallest absolute Gasteiger partial charge is 0.271 e. The number of nitrogens with two attached hydrogens (primary N) is 1. The number of rotatable bonds is 2. The highest BCUT2D eigenvalue weighted by atomic mass is 16.6. The van der Waals surface area contributed by atoms with E-state index in [0.717, 1.165) is 11.4 Å². The summed E-state index contributed by atoms with van der Waals surface area (Å²) in [5.74, 6) is 0. The minimum atomic E-state index is -0.471. The summed E-state index contributed by atoms with van der Waals surface area (Å²) < 4.78 is 1.67. The molecule has 0 bridgehead atoms. The van der Waals surface area contributed by atoms with E-state index in [0.29, 0.717) is 11.4 Å². The number of nitro benzene ring substituents is 1. The molecule has 1 heterocycles. The first-order valence-electron chi connectivity index (χ1n) is 5.06. The standard InChI is InChI=1S/C11H12N4O2/c1-7-5-8(2)14(13-7)11-4-3-9(15(16)17)6-10(11)12/h3-6H,12H2,1-2H3. The lowest BCUT2D eigenvalue weighted by atomic mass is 10.2. The first-order valence-corrected chi connectivity index (χ1v) is 5.06. The van der Waals surface area contributed by atoms with E-state index in [2.05, 4.69) is 5.10 Å². The van der Waals surface area contributed by atoms with Crippen molar-refractivity contribution in [2.24, 2.45) is 0 Å². The quantitative estimate of drug-likeness (QED) is 0.487. The molecular weight excluding hydrogens is 220 g/mol. The molecule has 2 rings (SSSR count). The van der Waals surface area contributed by atoms with Crippen molar-refractivity contribution in [1.82, 2.24) is 9.78 Å². The Kier molecular flexibility index (Phi) is 2.55. The Morgan fingerprint density at radius 3 is 2.53 bits per heavy atom. The van der Waals surface area contributed by atoms with Crippen molar-refractivity contribution in [3.05, 3.63) is 45.8 Å². The summed E-state index contributed by atoms with van der Waals surface area (Å²) in [5, 5.41) is 14.9. The van der Waals surface area contributed by atoms with Crippen LogP contribution in [-0.4, -0.2) is 14.7 Å². The van der Waals surface area contributed by atoms with Gasteiger partial charge in [-0.05, 0) is 26.0 Å². The fourth-order valence-corrected chi connectivity index (χ4v) is 1.72. The zero-order valence-electron chi connectivity index (χ0n) is 9.54. The fraction of sp³-hybridized carbons (Fsp3) is 0.182. The first kappa shape index (κ1) is 11.1. The molecule has 0 spiro atoms. The van der Waals surface area contributed by atoms with Crippen molar-refractivity contribution < 1.29 is 4.92 Å². The predicted molar refractivity (Wildman–Crippen MR) is 64.1 cm³/mol. The van der Waals surface area contributed by atoms with Crippen LogP contribution < -0.4 is 5.73 Å². The number of non-ortho nitro benzene ring substituents is 1. The van der Waals surface area contributed by atoms with Crippen LogP contribution in [0.3, 0.4) is 0 Å². The fourth-order valence-electron chi connectivity index (χ4n) is 1.72. The largest absolute Gasteiger partial charge is 0.397 e. The highest BCUT2D eigenvalue weighted by Gasteiger charge is 2.12. The van der Waals surface area contributed by atoms with Crippen molar-refractivity contribution in [3.8, 4) is 5.69 Å². The van der Waals surface area contributed by atoms with Crippen molar-refractivity contribution in [2.45, 2.75) is 13.8 Å². The maximum Gasteiger partial charge on any atom is 0.271 e. The van der Waals surface area contributed by atoms with Gasteiger partial charge in [0.05, 0.1) is 22.0 Å². The summed E-state index contributed by atoms with van der Waals surface area (Å²) in [6.45, 7) is 3.78. The average molecular weight is 232 g/mol. The normalized spacial score (nSPS) is 10.5. The molecule has 0 aliphatic rings. The second-order valence-corrected chi connectivity index (χ2v) is 3.84. The van der Waals surface area contributed by atoms with E-state index >= 15 is 0 Å². The molecule has 1 aromatic heterocycles. The number of anilines is 1. The van der Waals surface area contributed by atoms with Crippen molar-refractivity contribution in [1.29, 1.82) is 0 Å². The Morgan fingerprint density at radius 2 is 2.06 bits per heavy atom. The lowest BCUT2D eigenvalue weighted by Gasteiger charge is -2.07. The van der Waals surface area contributed by atoms with Crippen LogP contribution in [0.1, 0.15) is 11.4 Å². The summed E-state index contributed by atoms with van der Waals surface area (Å²) in [5.41, 5.74) is 8.58. The number of hydrogen-bond acceptors (Lipinski definition) is 4. The van der Waals surface area contributed by atoms with E-state index in [1.165, 1.54) is 12.1 Å². The van der Waals surface area contributed by atoms with Gasteiger partial charge in [-0.3, -0.25) is 10.1 Å². The van der Waals surface area contributed by atoms with Gasteiger partial charge in [-0.1, -0.05) is 0 Å². The van der Waals surface area contributed by atoms with Crippen LogP contribution in [0.5, 0.6) is 0 Å². The molecule has 2 aromatic rings. The van der Waals surface area contributed by atoms with Crippen molar-refractivity contribution in [2.75, 3.05) is 5.73 Å². The van der Waals surface area contributed by atoms with Gasteiger partial charge in [-0.25, -0.2) is 4.68 Å². The monoisotopic (exact) mass is 232 g/mol. The lowest BCUT2D eigenvalue weighted by Crippen LogP contribution is -2.04. The molecule has 0 saturated heterocycles. The highest BCUT2D eigenvalue weighted by Crippen LogP contribution is 2.23. The molecule has 0 fully saturated rings. The van der Waals surface area contributed by atoms with Gasteiger partial charge in [0.15, 0.2) is 0 Å². The van der Waals surface area contributed by atoms with Crippen LogP contribution >= 0.6 is 0 Å². The Morgan fingerprint density at radius 1 is 1.35 bits per heavy atom. The van der Waals surface area contributed by atoms with E-state index in [9.17, 15) is 10.1 Å². The van der Waals surface area contributed by atoms with Gasteiger partial charge in [0.25, 0.3) is 5.69 Å². The molecule has 6 nitrogen and oxygen atoms in total. The Balaban J connectivity index is 2.54. The predicted octanol–water partition coefficient (Wildman–Crippen LogP) is 1.98. The Hall–Kier alpha value is -2.37. The third-order valence-electron chi connectivity index (χ3n) is 2.46. The van der Waals surface area contributed by atoms with E-state index in [4.69, 9.17) is 5.73 Å². The maximum absolute atomic E-state index is 10.6. The van der Waals surface area contributed by atoms with E-state index in [1.54, 1.807) is 10.7 Å². The average Bonchev–Trinajstić information content (AvgIpc) is 2.57.